The van der Waals surface area contributed by atoms with Crippen molar-refractivity contribution in [2.24, 2.45) is 0 Å². The second-order valence-electron chi connectivity index (χ2n) is 5.47. The third-order valence-corrected chi connectivity index (χ3v) is 4.60. The summed E-state index contributed by atoms with van der Waals surface area (Å²) in [6.07, 6.45) is 0. The number of hydrogen-bond acceptors (Lipinski definition) is 7. The maximum atomic E-state index is 12.1. The van der Waals surface area contributed by atoms with Crippen molar-refractivity contribution in [2.45, 2.75) is 12.1 Å². The Labute approximate surface area is 163 Å². The van der Waals surface area contributed by atoms with Crippen LogP contribution in [0.3, 0.4) is 0 Å². The summed E-state index contributed by atoms with van der Waals surface area (Å²) in [7, 11) is 0. The molecule has 2 aromatic carbocycles. The van der Waals surface area contributed by atoms with Crippen LogP contribution < -0.4 is 5.32 Å². The van der Waals surface area contributed by atoms with Crippen molar-refractivity contribution < 1.29 is 14.1 Å². The van der Waals surface area contributed by atoms with Gasteiger partial charge in [0, 0.05) is 22.7 Å². The first-order chi connectivity index (χ1) is 12.9. The van der Waals surface area contributed by atoms with E-state index >= 15 is 0 Å². The number of halogens is 1. The Morgan fingerprint density at radius 3 is 2.70 bits per heavy atom. The van der Waals surface area contributed by atoms with Crippen LogP contribution in [0.25, 0.3) is 11.5 Å². The van der Waals surface area contributed by atoms with Crippen LogP contribution in [-0.2, 0) is 4.79 Å². The number of carbonyl (C=O) groups is 1. The van der Waals surface area contributed by atoms with Crippen molar-refractivity contribution in [1.29, 1.82) is 0 Å². The molecule has 0 aliphatic heterocycles. The molecular weight excluding hydrogens is 392 g/mol. The topological polar surface area (TPSA) is 111 Å². The van der Waals surface area contributed by atoms with Gasteiger partial charge in [-0.2, -0.15) is 0 Å². The molecule has 0 atom stereocenters. The Balaban J connectivity index is 1.61. The van der Waals surface area contributed by atoms with Crippen molar-refractivity contribution in [2.75, 3.05) is 11.1 Å². The molecule has 8 nitrogen and oxygen atoms in total. The molecule has 3 aromatic rings. The van der Waals surface area contributed by atoms with Crippen LogP contribution in [0.1, 0.15) is 5.56 Å². The molecular formula is C17H13ClN4O4S. The van der Waals surface area contributed by atoms with E-state index in [0.717, 1.165) is 22.9 Å². The number of non-ortho nitro benzene ring substituents is 1. The summed E-state index contributed by atoms with van der Waals surface area (Å²) in [6.45, 7) is 1.75. The second kappa shape index (κ2) is 8.19. The summed E-state index contributed by atoms with van der Waals surface area (Å²) in [5, 5.41) is 22.2. The maximum Gasteiger partial charge on any atom is 0.277 e. The molecule has 0 bridgehead atoms. The smallest absolute Gasteiger partial charge is 0.277 e. The maximum absolute atomic E-state index is 12.1. The van der Waals surface area contributed by atoms with E-state index in [1.165, 1.54) is 12.1 Å². The zero-order chi connectivity index (χ0) is 19.4. The standard InChI is InChI=1S/C17H13ClN4O4S/c1-10-2-7-13(22(24)25)8-14(10)19-15(23)9-27-17-21-20-16(26-17)11-3-5-12(18)6-4-11/h2-8H,9H2,1H3,(H,19,23). The van der Waals surface area contributed by atoms with Crippen LogP contribution in [0.4, 0.5) is 11.4 Å². The number of rotatable bonds is 6. The van der Waals surface area contributed by atoms with E-state index in [4.69, 9.17) is 16.0 Å². The summed E-state index contributed by atoms with van der Waals surface area (Å²) >= 11 is 6.91. The number of thioether (sulfide) groups is 1. The van der Waals surface area contributed by atoms with Gasteiger partial charge in [0.25, 0.3) is 10.9 Å². The highest BCUT2D eigenvalue weighted by Gasteiger charge is 2.14. The molecule has 0 spiro atoms. The van der Waals surface area contributed by atoms with Gasteiger partial charge in [-0.3, -0.25) is 14.9 Å². The van der Waals surface area contributed by atoms with Gasteiger partial charge < -0.3 is 9.73 Å². The Morgan fingerprint density at radius 2 is 2.00 bits per heavy atom. The first-order valence-corrected chi connectivity index (χ1v) is 9.06. The first-order valence-electron chi connectivity index (χ1n) is 7.69. The van der Waals surface area contributed by atoms with Gasteiger partial charge in [-0.25, -0.2) is 0 Å². The number of hydrogen-bond donors (Lipinski definition) is 1. The summed E-state index contributed by atoms with van der Waals surface area (Å²) in [6, 6.07) is 11.2. The van der Waals surface area contributed by atoms with Crippen molar-refractivity contribution in [3.8, 4) is 11.5 Å². The lowest BCUT2D eigenvalue weighted by Crippen LogP contribution is -2.15. The zero-order valence-electron chi connectivity index (χ0n) is 14.0. The fraction of sp³-hybridized carbons (Fsp3) is 0.118. The number of benzene rings is 2. The molecule has 0 saturated carbocycles. The summed E-state index contributed by atoms with van der Waals surface area (Å²) in [5.74, 6) is 0.00337. The summed E-state index contributed by atoms with van der Waals surface area (Å²) in [5.41, 5.74) is 1.74. The van der Waals surface area contributed by atoms with Gasteiger partial charge in [-0.05, 0) is 36.8 Å². The highest BCUT2D eigenvalue weighted by Crippen LogP contribution is 2.25. The molecule has 27 heavy (non-hydrogen) atoms. The van der Waals surface area contributed by atoms with Gasteiger partial charge in [0.05, 0.1) is 16.4 Å². The minimum atomic E-state index is -0.513. The highest BCUT2D eigenvalue weighted by atomic mass is 35.5. The highest BCUT2D eigenvalue weighted by molar-refractivity contribution is 7.99. The van der Waals surface area contributed by atoms with Gasteiger partial charge in [-0.15, -0.1) is 10.2 Å². The van der Waals surface area contributed by atoms with Crippen LogP contribution >= 0.6 is 23.4 Å². The van der Waals surface area contributed by atoms with E-state index in [0.29, 0.717) is 16.6 Å². The second-order valence-corrected chi connectivity index (χ2v) is 6.84. The number of amides is 1. The SMILES string of the molecule is Cc1ccc([N+](=O)[O-])cc1NC(=O)CSc1nnc(-c2ccc(Cl)cc2)o1. The average molecular weight is 405 g/mol. The zero-order valence-corrected chi connectivity index (χ0v) is 15.6. The van der Waals surface area contributed by atoms with Crippen molar-refractivity contribution >= 4 is 40.6 Å². The van der Waals surface area contributed by atoms with Crippen molar-refractivity contribution in [3.05, 3.63) is 63.2 Å². The van der Waals surface area contributed by atoms with E-state index in [2.05, 4.69) is 15.5 Å². The minimum Gasteiger partial charge on any atom is -0.411 e. The molecule has 10 heteroatoms. The molecule has 138 valence electrons. The van der Waals surface area contributed by atoms with Gasteiger partial charge >= 0.3 is 0 Å². The lowest BCUT2D eigenvalue weighted by atomic mass is 10.2. The number of nitrogens with zero attached hydrogens (tertiary/aromatic N) is 3. The molecule has 0 radical (unpaired) electrons. The predicted octanol–water partition coefficient (Wildman–Crippen LogP) is 4.34. The first kappa shape index (κ1) is 18.9. The lowest BCUT2D eigenvalue weighted by molar-refractivity contribution is -0.384. The van der Waals surface area contributed by atoms with Crippen molar-refractivity contribution in [1.82, 2.24) is 10.2 Å². The lowest BCUT2D eigenvalue weighted by Gasteiger charge is -2.07. The number of nitro benzene ring substituents is 1. The third-order valence-electron chi connectivity index (χ3n) is 3.53. The van der Waals surface area contributed by atoms with Crippen LogP contribution in [0.15, 0.2) is 52.1 Å². The van der Waals surface area contributed by atoms with Crippen molar-refractivity contribution in [3.63, 3.8) is 0 Å². The normalized spacial score (nSPS) is 10.6. The molecule has 3 rings (SSSR count). The number of aromatic nitrogens is 2. The molecule has 0 fully saturated rings. The molecule has 0 aliphatic carbocycles. The van der Waals surface area contributed by atoms with Crippen LogP contribution in [0.5, 0.6) is 0 Å². The number of carbonyl (C=O) groups excluding carboxylic acids is 1. The molecule has 1 aromatic heterocycles. The molecule has 0 saturated heterocycles. The minimum absolute atomic E-state index is 0.0182. The monoisotopic (exact) mass is 404 g/mol. The Bertz CT molecular complexity index is 991. The quantitative estimate of drug-likeness (QED) is 0.369. The average Bonchev–Trinajstić information content (AvgIpc) is 3.11. The van der Waals surface area contributed by atoms with Gasteiger partial charge in [0.15, 0.2) is 0 Å². The molecule has 1 amide bonds. The fourth-order valence-electron chi connectivity index (χ4n) is 2.15. The van der Waals surface area contributed by atoms with Crippen LogP contribution in [0, 0.1) is 17.0 Å². The van der Waals surface area contributed by atoms with E-state index in [-0.39, 0.29) is 22.6 Å². The van der Waals surface area contributed by atoms with E-state index < -0.39 is 4.92 Å². The molecule has 0 unspecified atom stereocenters. The van der Waals surface area contributed by atoms with Crippen LogP contribution in [-0.4, -0.2) is 26.8 Å². The number of aryl methyl sites for hydroxylation is 1. The Morgan fingerprint density at radius 1 is 1.26 bits per heavy atom. The Hall–Kier alpha value is -2.91. The summed E-state index contributed by atoms with van der Waals surface area (Å²) < 4.78 is 5.51. The molecule has 1 heterocycles. The van der Waals surface area contributed by atoms with Gasteiger partial charge in [-0.1, -0.05) is 29.4 Å². The van der Waals surface area contributed by atoms with Gasteiger partial charge in [0.2, 0.25) is 11.8 Å². The summed E-state index contributed by atoms with van der Waals surface area (Å²) in [4.78, 5) is 22.5. The van der Waals surface area contributed by atoms with E-state index in [9.17, 15) is 14.9 Å². The third kappa shape index (κ3) is 4.83. The van der Waals surface area contributed by atoms with E-state index in [1.807, 2.05) is 0 Å². The van der Waals surface area contributed by atoms with E-state index in [1.54, 1.807) is 37.3 Å². The predicted molar refractivity (Wildman–Crippen MR) is 102 cm³/mol. The Kier molecular flexibility index (Phi) is 5.72. The fourth-order valence-corrected chi connectivity index (χ4v) is 2.84. The van der Waals surface area contributed by atoms with Crippen LogP contribution in [0.2, 0.25) is 5.02 Å². The number of anilines is 1. The number of nitrogens with one attached hydrogen (secondary N) is 1. The molecule has 0 aliphatic rings. The molecule has 1 N–H and O–H groups in total. The largest absolute Gasteiger partial charge is 0.411 e. The number of nitro groups is 1. The van der Waals surface area contributed by atoms with Gasteiger partial charge in [0.1, 0.15) is 0 Å².